The lowest BCUT2D eigenvalue weighted by molar-refractivity contribution is -0.139. The summed E-state index contributed by atoms with van der Waals surface area (Å²) in [4.78, 5) is 25.9. The first kappa shape index (κ1) is 15.2. The Morgan fingerprint density at radius 2 is 2.08 bits per heavy atom. The van der Waals surface area contributed by atoms with Gasteiger partial charge in [0, 0.05) is 19.2 Å². The van der Waals surface area contributed by atoms with Crippen molar-refractivity contribution in [2.24, 2.45) is 0 Å². The molecule has 0 bridgehead atoms. The van der Waals surface area contributed by atoms with Gasteiger partial charge in [-0.05, 0) is 23.3 Å². The van der Waals surface area contributed by atoms with Crippen molar-refractivity contribution in [2.45, 2.75) is 12.5 Å². The number of amides is 1. The summed E-state index contributed by atoms with van der Waals surface area (Å²) in [5.41, 5.74) is 2.43. The molecule has 0 saturated heterocycles. The van der Waals surface area contributed by atoms with E-state index >= 15 is 0 Å². The lowest BCUT2D eigenvalue weighted by atomic mass is 9.89. The quantitative estimate of drug-likeness (QED) is 0.765. The van der Waals surface area contributed by atoms with Gasteiger partial charge in [-0.15, -0.1) is 0 Å². The highest BCUT2D eigenvalue weighted by molar-refractivity contribution is 5.94. The number of fused-ring (bicyclic) bond motifs is 1. The first-order chi connectivity index (χ1) is 12.1. The van der Waals surface area contributed by atoms with Crippen LogP contribution in [0.5, 0.6) is 0 Å². The number of nitrogens with zero attached hydrogens (tertiary/aromatic N) is 2. The van der Waals surface area contributed by atoms with Gasteiger partial charge in [-0.25, -0.2) is 0 Å². The summed E-state index contributed by atoms with van der Waals surface area (Å²) in [5.74, 6) is -1.41. The SMILES string of the molecule is O=C(O)C1CN(C(=O)c2cc(-c3ccco3)[nH]n2)Cc2ccccc21. The molecule has 2 aromatic heterocycles. The van der Waals surface area contributed by atoms with Crippen molar-refractivity contribution in [2.75, 3.05) is 6.54 Å². The maximum Gasteiger partial charge on any atom is 0.312 e. The van der Waals surface area contributed by atoms with E-state index in [1.165, 1.54) is 11.2 Å². The number of hydrogen-bond acceptors (Lipinski definition) is 4. The molecular weight excluding hydrogens is 322 g/mol. The molecule has 0 saturated carbocycles. The highest BCUT2D eigenvalue weighted by Crippen LogP contribution is 2.29. The van der Waals surface area contributed by atoms with Crippen molar-refractivity contribution in [3.8, 4) is 11.5 Å². The number of benzene rings is 1. The number of aromatic nitrogens is 2. The molecule has 0 radical (unpaired) electrons. The molecule has 126 valence electrons. The van der Waals surface area contributed by atoms with Gasteiger partial charge in [0.15, 0.2) is 11.5 Å². The number of rotatable bonds is 3. The predicted molar refractivity (Wildman–Crippen MR) is 87.8 cm³/mol. The van der Waals surface area contributed by atoms with E-state index in [1.54, 1.807) is 24.3 Å². The Balaban J connectivity index is 1.62. The molecule has 4 rings (SSSR count). The number of hydrogen-bond donors (Lipinski definition) is 2. The topological polar surface area (TPSA) is 99.4 Å². The lowest BCUT2D eigenvalue weighted by Crippen LogP contribution is -2.40. The van der Waals surface area contributed by atoms with E-state index in [0.29, 0.717) is 18.0 Å². The number of aliphatic carboxylic acids is 1. The Kier molecular flexibility index (Phi) is 3.61. The first-order valence-electron chi connectivity index (χ1n) is 7.82. The van der Waals surface area contributed by atoms with Crippen LogP contribution in [-0.2, 0) is 11.3 Å². The fourth-order valence-electron chi connectivity index (χ4n) is 3.12. The maximum atomic E-state index is 12.8. The number of carbonyl (C=O) groups excluding carboxylic acids is 1. The molecule has 25 heavy (non-hydrogen) atoms. The summed E-state index contributed by atoms with van der Waals surface area (Å²) in [7, 11) is 0. The molecule has 2 N–H and O–H groups in total. The zero-order valence-electron chi connectivity index (χ0n) is 13.2. The first-order valence-corrected chi connectivity index (χ1v) is 7.82. The zero-order valence-corrected chi connectivity index (χ0v) is 13.2. The van der Waals surface area contributed by atoms with Crippen LogP contribution in [0.15, 0.2) is 53.1 Å². The molecule has 1 atom stereocenters. The van der Waals surface area contributed by atoms with E-state index in [-0.39, 0.29) is 18.1 Å². The minimum atomic E-state index is -0.941. The van der Waals surface area contributed by atoms with E-state index in [9.17, 15) is 14.7 Å². The normalized spacial score (nSPS) is 16.5. The summed E-state index contributed by atoms with van der Waals surface area (Å²) in [6.45, 7) is 0.482. The second kappa shape index (κ2) is 5.94. The van der Waals surface area contributed by atoms with Crippen molar-refractivity contribution in [3.63, 3.8) is 0 Å². The zero-order chi connectivity index (χ0) is 17.4. The Morgan fingerprint density at radius 3 is 2.84 bits per heavy atom. The molecule has 0 spiro atoms. The number of H-pyrrole nitrogens is 1. The van der Waals surface area contributed by atoms with Gasteiger partial charge in [-0.2, -0.15) is 5.10 Å². The van der Waals surface area contributed by atoms with Crippen molar-refractivity contribution >= 4 is 11.9 Å². The molecule has 1 amide bonds. The van der Waals surface area contributed by atoms with Gasteiger partial charge >= 0.3 is 5.97 Å². The van der Waals surface area contributed by atoms with Crippen LogP contribution >= 0.6 is 0 Å². The minimum Gasteiger partial charge on any atom is -0.481 e. The fraction of sp³-hybridized carbons (Fsp3) is 0.167. The van der Waals surface area contributed by atoms with Crippen molar-refractivity contribution in [3.05, 3.63) is 65.5 Å². The van der Waals surface area contributed by atoms with Crippen LogP contribution in [0.2, 0.25) is 0 Å². The van der Waals surface area contributed by atoms with Crippen molar-refractivity contribution in [1.82, 2.24) is 15.1 Å². The van der Waals surface area contributed by atoms with Gasteiger partial charge in [0.05, 0.1) is 12.2 Å². The number of aromatic amines is 1. The van der Waals surface area contributed by atoms with Crippen LogP contribution in [0, 0.1) is 0 Å². The molecule has 0 aliphatic carbocycles. The third-order valence-electron chi connectivity index (χ3n) is 4.36. The maximum absolute atomic E-state index is 12.8. The average Bonchev–Trinajstić information content (AvgIpc) is 3.31. The molecular formula is C18H15N3O4. The van der Waals surface area contributed by atoms with E-state index in [2.05, 4.69) is 10.2 Å². The predicted octanol–water partition coefficient (Wildman–Crippen LogP) is 2.49. The fourth-order valence-corrected chi connectivity index (χ4v) is 3.12. The Labute approximate surface area is 142 Å². The largest absolute Gasteiger partial charge is 0.481 e. The molecule has 1 unspecified atom stereocenters. The number of carboxylic acid groups (broad SMARTS) is 1. The number of furan rings is 1. The van der Waals surface area contributed by atoms with Crippen molar-refractivity contribution in [1.29, 1.82) is 0 Å². The van der Waals surface area contributed by atoms with E-state index in [0.717, 1.165) is 11.1 Å². The highest BCUT2D eigenvalue weighted by atomic mass is 16.4. The summed E-state index contributed by atoms with van der Waals surface area (Å²) < 4.78 is 5.28. The van der Waals surface area contributed by atoms with Gasteiger partial charge in [0.2, 0.25) is 0 Å². The van der Waals surface area contributed by atoms with Crippen LogP contribution in [-0.4, -0.2) is 38.6 Å². The second-order valence-corrected chi connectivity index (χ2v) is 5.92. The summed E-state index contributed by atoms with van der Waals surface area (Å²) in [6.07, 6.45) is 1.54. The standard InChI is InChI=1S/C18H15N3O4/c22-17(15-8-14(19-20-15)16-6-3-7-25-16)21-9-11-4-1-2-5-12(11)13(10-21)18(23)24/h1-8,13H,9-10H2,(H,19,20)(H,23,24). The van der Waals surface area contributed by atoms with Gasteiger partial charge < -0.3 is 14.4 Å². The summed E-state index contributed by atoms with van der Waals surface area (Å²) in [5, 5.41) is 16.3. The molecule has 0 fully saturated rings. The Hall–Kier alpha value is -3.35. The lowest BCUT2D eigenvalue weighted by Gasteiger charge is -2.32. The summed E-state index contributed by atoms with van der Waals surface area (Å²) >= 11 is 0. The third kappa shape index (κ3) is 2.69. The number of carboxylic acids is 1. The van der Waals surface area contributed by atoms with Gasteiger partial charge in [0.25, 0.3) is 5.91 Å². The molecule has 7 heteroatoms. The third-order valence-corrected chi connectivity index (χ3v) is 4.36. The molecule has 3 aromatic rings. The second-order valence-electron chi connectivity index (χ2n) is 5.92. The molecule has 3 heterocycles. The van der Waals surface area contributed by atoms with E-state index in [4.69, 9.17) is 4.42 Å². The molecule has 1 aliphatic heterocycles. The van der Waals surface area contributed by atoms with Crippen molar-refractivity contribution < 1.29 is 19.1 Å². The van der Waals surface area contributed by atoms with E-state index < -0.39 is 11.9 Å². The highest BCUT2D eigenvalue weighted by Gasteiger charge is 2.33. The molecule has 1 aliphatic rings. The number of nitrogens with one attached hydrogen (secondary N) is 1. The average molecular weight is 337 g/mol. The van der Waals surface area contributed by atoms with Crippen LogP contribution in [0.3, 0.4) is 0 Å². The monoisotopic (exact) mass is 337 g/mol. The molecule has 7 nitrogen and oxygen atoms in total. The smallest absolute Gasteiger partial charge is 0.312 e. The van der Waals surface area contributed by atoms with Crippen LogP contribution in [0.25, 0.3) is 11.5 Å². The van der Waals surface area contributed by atoms with Gasteiger partial charge in [0.1, 0.15) is 5.69 Å². The van der Waals surface area contributed by atoms with Crippen LogP contribution in [0.1, 0.15) is 27.5 Å². The molecule has 1 aromatic carbocycles. The van der Waals surface area contributed by atoms with Gasteiger partial charge in [-0.3, -0.25) is 14.7 Å². The number of carbonyl (C=O) groups is 2. The van der Waals surface area contributed by atoms with Gasteiger partial charge in [-0.1, -0.05) is 24.3 Å². The summed E-state index contributed by atoms with van der Waals surface area (Å²) in [6, 6.07) is 12.4. The van der Waals surface area contributed by atoms with E-state index in [1.807, 2.05) is 18.2 Å². The van der Waals surface area contributed by atoms with Crippen LogP contribution in [0.4, 0.5) is 0 Å². The van der Waals surface area contributed by atoms with Crippen LogP contribution < -0.4 is 0 Å². The minimum absolute atomic E-state index is 0.119. The Morgan fingerprint density at radius 1 is 1.24 bits per heavy atom. The Bertz CT molecular complexity index is 929.